The molecule has 1 heterocycles. The van der Waals surface area contributed by atoms with Crippen LogP contribution in [0.5, 0.6) is 0 Å². The van der Waals surface area contributed by atoms with Crippen molar-refractivity contribution in [1.29, 1.82) is 0 Å². The van der Waals surface area contributed by atoms with Gasteiger partial charge in [0.15, 0.2) is 5.13 Å². The smallest absolute Gasteiger partial charge is 0.255 e. The van der Waals surface area contributed by atoms with Crippen molar-refractivity contribution in [3.8, 4) is 0 Å². The van der Waals surface area contributed by atoms with E-state index < -0.39 is 0 Å². The topological polar surface area (TPSA) is 71.1 Å². The maximum absolute atomic E-state index is 12.7. The fraction of sp³-hybridized carbons (Fsp3) is 0.0741. The van der Waals surface area contributed by atoms with Crippen molar-refractivity contribution in [2.45, 2.75) is 11.8 Å². The van der Waals surface area contributed by atoms with E-state index in [1.54, 1.807) is 0 Å². The molecule has 168 valence electrons. The molecule has 4 aromatic carbocycles. The van der Waals surface area contributed by atoms with Gasteiger partial charge in [-0.15, -0.1) is 11.8 Å². The van der Waals surface area contributed by atoms with E-state index in [1.165, 1.54) is 23.1 Å². The summed E-state index contributed by atoms with van der Waals surface area (Å²) in [6, 6.07) is 27.1. The van der Waals surface area contributed by atoms with Gasteiger partial charge in [0, 0.05) is 16.1 Å². The van der Waals surface area contributed by atoms with Crippen LogP contribution in [0.3, 0.4) is 0 Å². The molecule has 0 unspecified atom stereocenters. The van der Waals surface area contributed by atoms with Gasteiger partial charge in [-0.25, -0.2) is 4.98 Å². The van der Waals surface area contributed by atoms with Gasteiger partial charge in [-0.1, -0.05) is 53.8 Å². The van der Waals surface area contributed by atoms with Crippen LogP contribution in [0.4, 0.5) is 10.8 Å². The summed E-state index contributed by atoms with van der Waals surface area (Å²) in [5.41, 5.74) is 3.33. The zero-order valence-corrected chi connectivity index (χ0v) is 20.0. The molecular weight excluding hydrogens is 462 g/mol. The van der Waals surface area contributed by atoms with Gasteiger partial charge >= 0.3 is 0 Å². The number of nitrogens with one attached hydrogen (secondary N) is 2. The van der Waals surface area contributed by atoms with E-state index in [-0.39, 0.29) is 17.6 Å². The minimum absolute atomic E-state index is 0.119. The standard InChI is InChI=1S/C27H21N3O2S2/c1-17-9-12-23-24(13-17)34-27(29-23)30-25(31)16-33-22-8-4-7-21(15-22)28-26(32)20-11-10-18-5-2-3-6-19(18)14-20/h2-15H,16H2,1H3,(H,28,32)(H,29,30,31). The molecule has 0 aliphatic heterocycles. The molecule has 5 aromatic rings. The van der Waals surface area contributed by atoms with Gasteiger partial charge in [-0.05, 0) is 65.7 Å². The molecule has 1 aromatic heterocycles. The number of benzene rings is 4. The van der Waals surface area contributed by atoms with Crippen molar-refractivity contribution in [1.82, 2.24) is 4.98 Å². The Bertz CT molecular complexity index is 1530. The maximum Gasteiger partial charge on any atom is 0.255 e. The van der Waals surface area contributed by atoms with Crippen molar-refractivity contribution in [3.05, 3.63) is 96.1 Å². The normalized spacial score (nSPS) is 11.0. The summed E-state index contributed by atoms with van der Waals surface area (Å²) < 4.78 is 1.05. The second-order valence-electron chi connectivity index (χ2n) is 7.87. The van der Waals surface area contributed by atoms with Crippen LogP contribution in [0.25, 0.3) is 21.0 Å². The number of thiazole rings is 1. The van der Waals surface area contributed by atoms with Crippen molar-refractivity contribution in [2.24, 2.45) is 0 Å². The van der Waals surface area contributed by atoms with Gasteiger partial charge < -0.3 is 10.6 Å². The summed E-state index contributed by atoms with van der Waals surface area (Å²) in [6.45, 7) is 2.03. The van der Waals surface area contributed by atoms with Crippen LogP contribution in [-0.4, -0.2) is 22.6 Å². The molecule has 2 amide bonds. The van der Waals surface area contributed by atoms with Gasteiger partial charge in [-0.2, -0.15) is 0 Å². The van der Waals surface area contributed by atoms with E-state index in [1.807, 2.05) is 85.8 Å². The molecule has 34 heavy (non-hydrogen) atoms. The highest BCUT2D eigenvalue weighted by Crippen LogP contribution is 2.27. The number of rotatable bonds is 6. The Hall–Kier alpha value is -3.68. The molecule has 5 nitrogen and oxygen atoms in total. The molecule has 0 aliphatic rings. The molecule has 5 rings (SSSR count). The average molecular weight is 484 g/mol. The number of fused-ring (bicyclic) bond motifs is 2. The summed E-state index contributed by atoms with van der Waals surface area (Å²) in [5.74, 6) is -0.0417. The van der Waals surface area contributed by atoms with Gasteiger partial charge in [0.1, 0.15) is 0 Å². The predicted molar refractivity (Wildman–Crippen MR) is 142 cm³/mol. The minimum atomic E-state index is -0.170. The second-order valence-corrected chi connectivity index (χ2v) is 9.95. The molecule has 0 fully saturated rings. The predicted octanol–water partition coefficient (Wildman–Crippen LogP) is 6.74. The van der Waals surface area contributed by atoms with Crippen molar-refractivity contribution in [2.75, 3.05) is 16.4 Å². The lowest BCUT2D eigenvalue weighted by Gasteiger charge is -2.08. The van der Waals surface area contributed by atoms with Crippen molar-refractivity contribution < 1.29 is 9.59 Å². The molecule has 0 radical (unpaired) electrons. The number of nitrogens with zero attached hydrogens (tertiary/aromatic N) is 1. The number of carbonyl (C=O) groups is 2. The Morgan fingerprint density at radius 3 is 2.62 bits per heavy atom. The number of hydrogen-bond acceptors (Lipinski definition) is 5. The zero-order valence-electron chi connectivity index (χ0n) is 18.4. The van der Waals surface area contributed by atoms with Gasteiger partial charge in [0.25, 0.3) is 5.91 Å². The first kappa shape index (κ1) is 22.1. The van der Waals surface area contributed by atoms with E-state index in [9.17, 15) is 9.59 Å². The number of thioether (sulfide) groups is 1. The molecule has 0 saturated carbocycles. The molecule has 0 aliphatic carbocycles. The number of amides is 2. The van der Waals surface area contributed by atoms with Crippen LogP contribution in [-0.2, 0) is 4.79 Å². The Morgan fingerprint density at radius 1 is 0.882 bits per heavy atom. The summed E-state index contributed by atoms with van der Waals surface area (Å²) in [5, 5.41) is 8.55. The fourth-order valence-corrected chi connectivity index (χ4v) is 5.32. The van der Waals surface area contributed by atoms with E-state index in [0.29, 0.717) is 16.4 Å². The number of anilines is 2. The lowest BCUT2D eigenvalue weighted by atomic mass is 10.1. The van der Waals surface area contributed by atoms with Crippen molar-refractivity contribution in [3.63, 3.8) is 0 Å². The van der Waals surface area contributed by atoms with E-state index in [2.05, 4.69) is 21.7 Å². The molecule has 2 N–H and O–H groups in total. The third-order valence-corrected chi connectivity index (χ3v) is 7.19. The first-order valence-corrected chi connectivity index (χ1v) is 12.5. The van der Waals surface area contributed by atoms with Crippen LogP contribution in [0, 0.1) is 6.92 Å². The Morgan fingerprint density at radius 2 is 1.74 bits per heavy atom. The summed E-state index contributed by atoms with van der Waals surface area (Å²) in [4.78, 5) is 30.6. The lowest BCUT2D eigenvalue weighted by Crippen LogP contribution is -2.14. The van der Waals surface area contributed by atoms with Crippen molar-refractivity contribution >= 4 is 66.7 Å². The van der Waals surface area contributed by atoms with E-state index >= 15 is 0 Å². The quantitative estimate of drug-likeness (QED) is 0.262. The van der Waals surface area contributed by atoms with E-state index in [0.717, 1.165) is 31.4 Å². The molecule has 7 heteroatoms. The van der Waals surface area contributed by atoms with Crippen LogP contribution in [0.15, 0.2) is 89.8 Å². The maximum atomic E-state index is 12.7. The monoisotopic (exact) mass is 483 g/mol. The highest BCUT2D eigenvalue weighted by molar-refractivity contribution is 8.00. The Kier molecular flexibility index (Phi) is 6.29. The molecule has 0 bridgehead atoms. The third-order valence-electron chi connectivity index (χ3n) is 5.26. The summed E-state index contributed by atoms with van der Waals surface area (Å²) in [6.07, 6.45) is 0. The SMILES string of the molecule is Cc1ccc2nc(NC(=O)CSc3cccc(NC(=O)c4ccc5ccccc5c4)c3)sc2c1. The zero-order chi connectivity index (χ0) is 23.5. The van der Waals surface area contributed by atoms with Crippen LogP contribution in [0.1, 0.15) is 15.9 Å². The number of carbonyl (C=O) groups excluding carboxylic acids is 2. The Labute approximate surface area is 205 Å². The third kappa shape index (κ3) is 5.11. The second kappa shape index (κ2) is 9.67. The largest absolute Gasteiger partial charge is 0.322 e. The first-order chi connectivity index (χ1) is 16.5. The van der Waals surface area contributed by atoms with Crippen LogP contribution < -0.4 is 10.6 Å². The van der Waals surface area contributed by atoms with Gasteiger partial charge in [0.2, 0.25) is 5.91 Å². The van der Waals surface area contributed by atoms with Gasteiger partial charge in [-0.3, -0.25) is 9.59 Å². The lowest BCUT2D eigenvalue weighted by molar-refractivity contribution is -0.113. The van der Waals surface area contributed by atoms with E-state index in [4.69, 9.17) is 0 Å². The highest BCUT2D eigenvalue weighted by atomic mass is 32.2. The molecule has 0 spiro atoms. The minimum Gasteiger partial charge on any atom is -0.322 e. The molecular formula is C27H21N3O2S2. The number of aryl methyl sites for hydroxylation is 1. The Balaban J connectivity index is 1.20. The first-order valence-electron chi connectivity index (χ1n) is 10.7. The van der Waals surface area contributed by atoms with Crippen LogP contribution in [0.2, 0.25) is 0 Å². The van der Waals surface area contributed by atoms with Gasteiger partial charge in [0.05, 0.1) is 16.0 Å². The highest BCUT2D eigenvalue weighted by Gasteiger charge is 2.10. The summed E-state index contributed by atoms with van der Waals surface area (Å²) >= 11 is 2.88. The van der Waals surface area contributed by atoms with Crippen LogP contribution >= 0.6 is 23.1 Å². The fourth-order valence-electron chi connectivity index (χ4n) is 3.59. The number of hydrogen-bond donors (Lipinski definition) is 2. The average Bonchev–Trinajstić information content (AvgIpc) is 3.24. The molecule has 0 atom stereocenters. The summed E-state index contributed by atoms with van der Waals surface area (Å²) in [7, 11) is 0. The number of aromatic nitrogens is 1. The molecule has 0 saturated heterocycles.